The van der Waals surface area contributed by atoms with E-state index in [2.05, 4.69) is 5.32 Å². The van der Waals surface area contributed by atoms with Gasteiger partial charge in [-0.1, -0.05) is 12.1 Å². The number of hydrogen-bond acceptors (Lipinski definition) is 3. The van der Waals surface area contributed by atoms with Gasteiger partial charge in [-0.15, -0.1) is 11.3 Å². The zero-order valence-corrected chi connectivity index (χ0v) is 12.1. The van der Waals surface area contributed by atoms with Gasteiger partial charge in [0.2, 0.25) is 0 Å². The molecule has 1 unspecified atom stereocenters. The van der Waals surface area contributed by atoms with Crippen molar-refractivity contribution in [3.05, 3.63) is 57.0 Å². The summed E-state index contributed by atoms with van der Waals surface area (Å²) < 4.78 is 13.5. The molecule has 20 heavy (non-hydrogen) atoms. The molecule has 0 saturated carbocycles. The summed E-state index contributed by atoms with van der Waals surface area (Å²) in [6, 6.07) is 6.88. The Morgan fingerprint density at radius 3 is 2.85 bits per heavy atom. The Balaban J connectivity index is 2.04. The Kier molecular flexibility index (Phi) is 4.52. The van der Waals surface area contributed by atoms with E-state index in [1.165, 1.54) is 17.4 Å². The molecule has 0 spiro atoms. The van der Waals surface area contributed by atoms with Crippen LogP contribution in [0.25, 0.3) is 0 Å². The van der Waals surface area contributed by atoms with E-state index in [1.54, 1.807) is 24.4 Å². The molecule has 0 aliphatic heterocycles. The van der Waals surface area contributed by atoms with E-state index in [0.717, 1.165) is 11.1 Å². The molecule has 0 aliphatic rings. The first-order chi connectivity index (χ1) is 9.49. The zero-order valence-electron chi connectivity index (χ0n) is 11.3. The lowest BCUT2D eigenvalue weighted by atomic mass is 10.1. The summed E-state index contributed by atoms with van der Waals surface area (Å²) in [4.78, 5) is 11.4. The van der Waals surface area contributed by atoms with Crippen molar-refractivity contribution in [1.82, 2.24) is 5.32 Å². The van der Waals surface area contributed by atoms with Crippen molar-refractivity contribution in [3.8, 4) is 0 Å². The van der Waals surface area contributed by atoms with Crippen LogP contribution in [0, 0.1) is 12.7 Å². The summed E-state index contributed by atoms with van der Waals surface area (Å²) in [6.07, 6.45) is 0. The monoisotopic (exact) mass is 293 g/mol. The third kappa shape index (κ3) is 3.23. The Bertz CT molecular complexity index is 624. The van der Waals surface area contributed by atoms with E-state index in [0.29, 0.717) is 17.0 Å². The molecule has 0 saturated heterocycles. The van der Waals surface area contributed by atoms with Gasteiger partial charge in [-0.3, -0.25) is 0 Å². The van der Waals surface area contributed by atoms with Gasteiger partial charge in [-0.2, -0.15) is 0 Å². The van der Waals surface area contributed by atoms with Gasteiger partial charge in [0.25, 0.3) is 0 Å². The second kappa shape index (κ2) is 6.15. The number of carboxylic acid groups (broad SMARTS) is 1. The third-order valence-corrected chi connectivity index (χ3v) is 4.18. The predicted octanol–water partition coefficient (Wildman–Crippen LogP) is 3.74. The molecule has 106 valence electrons. The first-order valence-electron chi connectivity index (χ1n) is 6.28. The van der Waals surface area contributed by atoms with Gasteiger partial charge >= 0.3 is 5.97 Å². The van der Waals surface area contributed by atoms with Gasteiger partial charge in [0.15, 0.2) is 0 Å². The van der Waals surface area contributed by atoms with Crippen molar-refractivity contribution in [2.75, 3.05) is 0 Å². The van der Waals surface area contributed by atoms with Crippen molar-refractivity contribution in [3.63, 3.8) is 0 Å². The van der Waals surface area contributed by atoms with Crippen LogP contribution in [0.3, 0.4) is 0 Å². The van der Waals surface area contributed by atoms with E-state index in [-0.39, 0.29) is 11.9 Å². The number of thiophene rings is 1. The summed E-state index contributed by atoms with van der Waals surface area (Å²) >= 11 is 1.21. The maximum Gasteiger partial charge on any atom is 0.346 e. The minimum atomic E-state index is -0.911. The summed E-state index contributed by atoms with van der Waals surface area (Å²) in [5.74, 6) is -1.14. The van der Waals surface area contributed by atoms with Crippen molar-refractivity contribution in [2.45, 2.75) is 26.4 Å². The van der Waals surface area contributed by atoms with Crippen molar-refractivity contribution in [1.29, 1.82) is 0 Å². The van der Waals surface area contributed by atoms with Crippen LogP contribution in [-0.4, -0.2) is 11.1 Å². The molecule has 5 heteroatoms. The molecule has 1 aromatic heterocycles. The molecule has 1 aromatic carbocycles. The maximum absolute atomic E-state index is 13.5. The lowest BCUT2D eigenvalue weighted by molar-refractivity contribution is 0.0701. The molecule has 2 N–H and O–H groups in total. The molecule has 2 rings (SSSR count). The molecular weight excluding hydrogens is 277 g/mol. The minimum Gasteiger partial charge on any atom is -0.477 e. The lowest BCUT2D eigenvalue weighted by Gasteiger charge is -2.15. The van der Waals surface area contributed by atoms with Crippen LogP contribution in [0.5, 0.6) is 0 Å². The molecule has 0 bridgehead atoms. The highest BCUT2D eigenvalue weighted by atomic mass is 32.1. The Morgan fingerprint density at radius 2 is 2.20 bits per heavy atom. The number of nitrogens with one attached hydrogen (secondary N) is 1. The highest BCUT2D eigenvalue weighted by Gasteiger charge is 2.13. The van der Waals surface area contributed by atoms with Crippen molar-refractivity contribution in [2.24, 2.45) is 0 Å². The van der Waals surface area contributed by atoms with Crippen LogP contribution in [0.1, 0.15) is 39.3 Å². The van der Waals surface area contributed by atoms with Crippen molar-refractivity contribution >= 4 is 17.3 Å². The first kappa shape index (κ1) is 14.7. The van der Waals surface area contributed by atoms with Crippen LogP contribution in [-0.2, 0) is 6.54 Å². The van der Waals surface area contributed by atoms with Crippen LogP contribution < -0.4 is 5.32 Å². The van der Waals surface area contributed by atoms with Crippen LogP contribution >= 0.6 is 11.3 Å². The van der Waals surface area contributed by atoms with Crippen LogP contribution in [0.2, 0.25) is 0 Å². The number of benzene rings is 1. The fourth-order valence-electron chi connectivity index (χ4n) is 1.92. The molecule has 2 aromatic rings. The Labute approximate surface area is 121 Å². The fourth-order valence-corrected chi connectivity index (χ4v) is 2.68. The topological polar surface area (TPSA) is 49.3 Å². The average molecular weight is 293 g/mol. The van der Waals surface area contributed by atoms with Gasteiger partial charge in [0.05, 0.1) is 0 Å². The van der Waals surface area contributed by atoms with E-state index in [1.807, 2.05) is 13.0 Å². The molecule has 0 radical (unpaired) electrons. The van der Waals surface area contributed by atoms with Crippen molar-refractivity contribution < 1.29 is 14.3 Å². The van der Waals surface area contributed by atoms with Gasteiger partial charge in [0, 0.05) is 12.6 Å². The fraction of sp³-hybridized carbons (Fsp3) is 0.267. The summed E-state index contributed by atoms with van der Waals surface area (Å²) in [7, 11) is 0. The molecule has 1 heterocycles. The number of hydrogen-bond donors (Lipinski definition) is 2. The molecule has 0 amide bonds. The highest BCUT2D eigenvalue weighted by molar-refractivity contribution is 7.12. The molecule has 0 aliphatic carbocycles. The quantitative estimate of drug-likeness (QED) is 0.882. The zero-order chi connectivity index (χ0) is 14.7. The normalized spacial score (nSPS) is 12.3. The number of carbonyl (C=O) groups is 1. The molecule has 0 fully saturated rings. The average Bonchev–Trinajstić information content (AvgIpc) is 2.87. The summed E-state index contributed by atoms with van der Waals surface area (Å²) in [5.41, 5.74) is 2.22. The number of halogens is 1. The minimum absolute atomic E-state index is 0.0494. The third-order valence-electron chi connectivity index (χ3n) is 3.24. The van der Waals surface area contributed by atoms with E-state index >= 15 is 0 Å². The first-order valence-corrected chi connectivity index (χ1v) is 7.16. The summed E-state index contributed by atoms with van der Waals surface area (Å²) in [5, 5.41) is 14.0. The van der Waals surface area contributed by atoms with Gasteiger partial charge < -0.3 is 10.4 Å². The van der Waals surface area contributed by atoms with Gasteiger partial charge in [-0.25, -0.2) is 9.18 Å². The number of carboxylic acids is 1. The number of rotatable bonds is 5. The van der Waals surface area contributed by atoms with Gasteiger partial charge in [0.1, 0.15) is 10.7 Å². The smallest absolute Gasteiger partial charge is 0.346 e. The molecule has 3 nitrogen and oxygen atoms in total. The number of aryl methyl sites for hydroxylation is 1. The second-order valence-electron chi connectivity index (χ2n) is 4.69. The maximum atomic E-state index is 13.5. The van der Waals surface area contributed by atoms with E-state index in [9.17, 15) is 9.18 Å². The van der Waals surface area contributed by atoms with Crippen LogP contribution in [0.15, 0.2) is 29.6 Å². The van der Waals surface area contributed by atoms with E-state index in [4.69, 9.17) is 5.11 Å². The Hall–Kier alpha value is -1.72. The molecule has 1 atom stereocenters. The van der Waals surface area contributed by atoms with E-state index < -0.39 is 5.97 Å². The predicted molar refractivity (Wildman–Crippen MR) is 77.7 cm³/mol. The lowest BCUT2D eigenvalue weighted by Crippen LogP contribution is -2.19. The van der Waals surface area contributed by atoms with Gasteiger partial charge in [-0.05, 0) is 48.1 Å². The Morgan fingerprint density at radius 1 is 1.45 bits per heavy atom. The molecular formula is C15H16FNO2S. The van der Waals surface area contributed by atoms with Crippen LogP contribution in [0.4, 0.5) is 4.39 Å². The SMILES string of the molecule is Cc1ccc(C(C)NCc2ccsc2C(=O)O)cc1F. The second-order valence-corrected chi connectivity index (χ2v) is 5.61. The highest BCUT2D eigenvalue weighted by Crippen LogP contribution is 2.20. The number of aromatic carboxylic acids is 1. The summed E-state index contributed by atoms with van der Waals surface area (Å²) in [6.45, 7) is 4.10. The largest absolute Gasteiger partial charge is 0.477 e. The standard InChI is InChI=1S/C15H16FNO2S/c1-9-3-4-11(7-13(9)16)10(2)17-8-12-5-6-20-14(12)15(18)19/h3-7,10,17H,8H2,1-2H3,(H,18,19).